The molecule has 0 spiro atoms. The summed E-state index contributed by atoms with van der Waals surface area (Å²) in [7, 11) is 0. The van der Waals surface area contributed by atoms with E-state index in [1.165, 1.54) is 18.3 Å². The standard InChI is InChI=1S/C17H18N2O4/c1-3-22-17(21)13-8-9-18-15(10-13)19-16(20)11-23-14-7-5-4-6-12(14)2/h4-10H,3,11H2,1-2H3,(H,18,19,20). The molecule has 6 nitrogen and oxygen atoms in total. The molecule has 0 unspecified atom stereocenters. The number of benzene rings is 1. The molecule has 120 valence electrons. The molecular formula is C17H18N2O4. The predicted molar refractivity (Wildman–Crippen MR) is 85.5 cm³/mol. The Bertz CT molecular complexity index is 700. The Balaban J connectivity index is 1.94. The number of para-hydroxylation sites is 1. The van der Waals surface area contributed by atoms with Gasteiger partial charge in [0.05, 0.1) is 12.2 Å². The van der Waals surface area contributed by atoms with Gasteiger partial charge in [-0.05, 0) is 37.6 Å². The first-order valence-electron chi connectivity index (χ1n) is 7.21. The molecule has 0 radical (unpaired) electrons. The molecule has 0 aliphatic rings. The number of nitrogens with one attached hydrogen (secondary N) is 1. The quantitative estimate of drug-likeness (QED) is 0.829. The smallest absolute Gasteiger partial charge is 0.338 e. The Labute approximate surface area is 134 Å². The molecule has 0 bridgehead atoms. The van der Waals surface area contributed by atoms with Gasteiger partial charge in [-0.2, -0.15) is 0 Å². The van der Waals surface area contributed by atoms with Crippen molar-refractivity contribution in [2.24, 2.45) is 0 Å². The van der Waals surface area contributed by atoms with Crippen molar-refractivity contribution in [1.82, 2.24) is 4.98 Å². The van der Waals surface area contributed by atoms with Gasteiger partial charge in [0.15, 0.2) is 6.61 Å². The number of aryl methyl sites for hydroxylation is 1. The maximum absolute atomic E-state index is 11.9. The van der Waals surface area contributed by atoms with Crippen LogP contribution in [0.3, 0.4) is 0 Å². The van der Waals surface area contributed by atoms with E-state index in [-0.39, 0.29) is 24.9 Å². The third-order valence-corrected chi connectivity index (χ3v) is 2.99. The van der Waals surface area contributed by atoms with Crippen molar-refractivity contribution in [1.29, 1.82) is 0 Å². The minimum atomic E-state index is -0.457. The number of carbonyl (C=O) groups is 2. The second kappa shape index (κ2) is 7.93. The molecule has 1 amide bonds. The fraction of sp³-hybridized carbons (Fsp3) is 0.235. The molecule has 0 fully saturated rings. The van der Waals surface area contributed by atoms with Crippen LogP contribution >= 0.6 is 0 Å². The second-order valence-corrected chi connectivity index (χ2v) is 4.75. The average Bonchev–Trinajstić information content (AvgIpc) is 2.54. The summed E-state index contributed by atoms with van der Waals surface area (Å²) < 4.78 is 10.4. The molecule has 0 saturated carbocycles. The van der Waals surface area contributed by atoms with Gasteiger partial charge in [0.2, 0.25) is 0 Å². The average molecular weight is 314 g/mol. The SMILES string of the molecule is CCOC(=O)c1ccnc(NC(=O)COc2ccccc2C)c1. The molecule has 2 rings (SSSR count). The molecule has 1 N–H and O–H groups in total. The Morgan fingerprint density at radius 2 is 2.00 bits per heavy atom. The van der Waals surface area contributed by atoms with Gasteiger partial charge in [-0.3, -0.25) is 4.79 Å². The van der Waals surface area contributed by atoms with Gasteiger partial charge >= 0.3 is 5.97 Å². The number of amides is 1. The molecule has 0 aliphatic carbocycles. The number of nitrogens with zero attached hydrogens (tertiary/aromatic N) is 1. The largest absolute Gasteiger partial charge is 0.483 e. The van der Waals surface area contributed by atoms with Gasteiger partial charge in [0.1, 0.15) is 11.6 Å². The molecular weight excluding hydrogens is 296 g/mol. The van der Waals surface area contributed by atoms with E-state index in [1.54, 1.807) is 13.0 Å². The normalized spacial score (nSPS) is 10.0. The van der Waals surface area contributed by atoms with Gasteiger partial charge in [-0.15, -0.1) is 0 Å². The Kier molecular flexibility index (Phi) is 5.68. The molecule has 1 heterocycles. The van der Waals surface area contributed by atoms with Crippen LogP contribution in [0.1, 0.15) is 22.8 Å². The van der Waals surface area contributed by atoms with E-state index in [0.717, 1.165) is 5.56 Å². The summed E-state index contributed by atoms with van der Waals surface area (Å²) in [5.74, 6) is 0.105. The lowest BCUT2D eigenvalue weighted by Gasteiger charge is -2.09. The Morgan fingerprint density at radius 1 is 1.22 bits per heavy atom. The van der Waals surface area contributed by atoms with E-state index in [9.17, 15) is 9.59 Å². The number of rotatable bonds is 6. The highest BCUT2D eigenvalue weighted by Crippen LogP contribution is 2.16. The number of hydrogen-bond donors (Lipinski definition) is 1. The summed E-state index contributed by atoms with van der Waals surface area (Å²) in [5, 5.41) is 2.59. The zero-order chi connectivity index (χ0) is 16.7. The van der Waals surface area contributed by atoms with Crippen LogP contribution in [0.4, 0.5) is 5.82 Å². The lowest BCUT2D eigenvalue weighted by Crippen LogP contribution is -2.21. The first-order valence-corrected chi connectivity index (χ1v) is 7.21. The maximum atomic E-state index is 11.9. The van der Waals surface area contributed by atoms with Gasteiger partial charge in [0.25, 0.3) is 5.91 Å². The Morgan fingerprint density at radius 3 is 2.74 bits per heavy atom. The molecule has 1 aromatic heterocycles. The van der Waals surface area contributed by atoms with E-state index >= 15 is 0 Å². The third-order valence-electron chi connectivity index (χ3n) is 2.99. The summed E-state index contributed by atoms with van der Waals surface area (Å²) >= 11 is 0. The molecule has 6 heteroatoms. The van der Waals surface area contributed by atoms with Crippen molar-refractivity contribution in [3.8, 4) is 5.75 Å². The maximum Gasteiger partial charge on any atom is 0.338 e. The van der Waals surface area contributed by atoms with Gasteiger partial charge in [-0.25, -0.2) is 9.78 Å². The minimum absolute atomic E-state index is 0.143. The van der Waals surface area contributed by atoms with Crippen molar-refractivity contribution in [2.75, 3.05) is 18.5 Å². The van der Waals surface area contributed by atoms with Crippen LogP contribution in [-0.4, -0.2) is 30.1 Å². The van der Waals surface area contributed by atoms with Crippen LogP contribution in [-0.2, 0) is 9.53 Å². The highest BCUT2D eigenvalue weighted by atomic mass is 16.5. The summed E-state index contributed by atoms with van der Waals surface area (Å²) in [4.78, 5) is 27.6. The van der Waals surface area contributed by atoms with Gasteiger partial charge in [-0.1, -0.05) is 18.2 Å². The predicted octanol–water partition coefficient (Wildman–Crippen LogP) is 2.58. The zero-order valence-corrected chi connectivity index (χ0v) is 13.0. The van der Waals surface area contributed by atoms with Gasteiger partial charge < -0.3 is 14.8 Å². The van der Waals surface area contributed by atoms with Crippen LogP contribution in [0.2, 0.25) is 0 Å². The number of pyridine rings is 1. The molecule has 0 atom stereocenters. The fourth-order valence-corrected chi connectivity index (χ4v) is 1.88. The van der Waals surface area contributed by atoms with E-state index in [0.29, 0.717) is 11.3 Å². The summed E-state index contributed by atoms with van der Waals surface area (Å²) in [6.07, 6.45) is 1.43. The number of hydrogen-bond acceptors (Lipinski definition) is 5. The first kappa shape index (κ1) is 16.5. The van der Waals surface area contributed by atoms with Crippen LogP contribution < -0.4 is 10.1 Å². The van der Waals surface area contributed by atoms with Crippen molar-refractivity contribution >= 4 is 17.7 Å². The highest BCUT2D eigenvalue weighted by Gasteiger charge is 2.10. The minimum Gasteiger partial charge on any atom is -0.483 e. The van der Waals surface area contributed by atoms with Crippen molar-refractivity contribution in [3.05, 3.63) is 53.7 Å². The van der Waals surface area contributed by atoms with Crippen molar-refractivity contribution in [2.45, 2.75) is 13.8 Å². The van der Waals surface area contributed by atoms with Crippen LogP contribution in [0.15, 0.2) is 42.6 Å². The highest BCUT2D eigenvalue weighted by molar-refractivity contribution is 5.94. The molecule has 0 saturated heterocycles. The zero-order valence-electron chi connectivity index (χ0n) is 13.0. The Hall–Kier alpha value is -2.89. The van der Waals surface area contributed by atoms with Crippen LogP contribution in [0.25, 0.3) is 0 Å². The number of esters is 1. The third kappa shape index (κ3) is 4.81. The topological polar surface area (TPSA) is 77.5 Å². The number of ether oxygens (including phenoxy) is 2. The number of aromatic nitrogens is 1. The number of anilines is 1. The van der Waals surface area contributed by atoms with E-state index < -0.39 is 5.97 Å². The molecule has 0 aliphatic heterocycles. The molecule has 2 aromatic rings. The van der Waals surface area contributed by atoms with Gasteiger partial charge in [0, 0.05) is 6.20 Å². The monoisotopic (exact) mass is 314 g/mol. The summed E-state index contributed by atoms with van der Waals surface area (Å²) in [6.45, 7) is 3.77. The molecule has 23 heavy (non-hydrogen) atoms. The summed E-state index contributed by atoms with van der Waals surface area (Å²) in [6, 6.07) is 10.4. The summed E-state index contributed by atoms with van der Waals surface area (Å²) in [5.41, 5.74) is 1.28. The lowest BCUT2D eigenvalue weighted by atomic mass is 10.2. The lowest BCUT2D eigenvalue weighted by molar-refractivity contribution is -0.118. The first-order chi connectivity index (χ1) is 11.1. The van der Waals surface area contributed by atoms with Crippen LogP contribution in [0.5, 0.6) is 5.75 Å². The van der Waals surface area contributed by atoms with E-state index in [4.69, 9.17) is 9.47 Å². The molecule has 1 aromatic carbocycles. The second-order valence-electron chi connectivity index (χ2n) is 4.75. The van der Waals surface area contributed by atoms with E-state index in [1.807, 2.05) is 25.1 Å². The van der Waals surface area contributed by atoms with Crippen molar-refractivity contribution < 1.29 is 19.1 Å². The number of carbonyl (C=O) groups excluding carboxylic acids is 2. The van der Waals surface area contributed by atoms with Crippen molar-refractivity contribution in [3.63, 3.8) is 0 Å². The fourth-order valence-electron chi connectivity index (χ4n) is 1.88. The van der Waals surface area contributed by atoms with Crippen LogP contribution in [0, 0.1) is 6.92 Å². The van der Waals surface area contributed by atoms with E-state index in [2.05, 4.69) is 10.3 Å².